The van der Waals surface area contributed by atoms with Crippen LogP contribution in [0.3, 0.4) is 0 Å². The van der Waals surface area contributed by atoms with Crippen molar-refractivity contribution in [3.63, 3.8) is 0 Å². The SMILES string of the molecule is COc1cc(-c2nc(NC(C)(C)CO)nc3sc(C(N)=O)c(N)c23)ccc1C. The number of aliphatic hydroxyl groups is 1. The van der Waals surface area contributed by atoms with Gasteiger partial charge in [0.2, 0.25) is 5.95 Å². The van der Waals surface area contributed by atoms with Crippen LogP contribution in [0.1, 0.15) is 29.1 Å². The molecule has 0 saturated carbocycles. The third kappa shape index (κ3) is 3.58. The lowest BCUT2D eigenvalue weighted by molar-refractivity contribution is 0.100. The fourth-order valence-electron chi connectivity index (χ4n) is 2.78. The first-order valence-electron chi connectivity index (χ1n) is 8.60. The number of amides is 1. The fourth-order valence-corrected chi connectivity index (χ4v) is 3.73. The minimum atomic E-state index is -0.634. The first-order valence-corrected chi connectivity index (χ1v) is 9.42. The van der Waals surface area contributed by atoms with E-state index in [1.165, 1.54) is 0 Å². The van der Waals surface area contributed by atoms with E-state index in [4.69, 9.17) is 16.2 Å². The minimum Gasteiger partial charge on any atom is -0.496 e. The molecule has 0 aliphatic heterocycles. The largest absolute Gasteiger partial charge is 0.496 e. The van der Waals surface area contributed by atoms with Gasteiger partial charge >= 0.3 is 0 Å². The first-order chi connectivity index (χ1) is 13.2. The quantitative estimate of drug-likeness (QED) is 0.498. The number of benzene rings is 1. The number of primary amides is 1. The van der Waals surface area contributed by atoms with E-state index in [2.05, 4.69) is 15.3 Å². The van der Waals surface area contributed by atoms with Crippen LogP contribution in [-0.4, -0.2) is 40.2 Å². The number of aryl methyl sites for hydroxylation is 1. The lowest BCUT2D eigenvalue weighted by Crippen LogP contribution is -2.35. The number of aliphatic hydroxyl groups excluding tert-OH is 1. The Balaban J connectivity index is 2.30. The number of fused-ring (bicyclic) bond motifs is 1. The lowest BCUT2D eigenvalue weighted by Gasteiger charge is -2.23. The molecule has 0 fully saturated rings. The van der Waals surface area contributed by atoms with Gasteiger partial charge in [-0.3, -0.25) is 4.79 Å². The number of anilines is 2. The summed E-state index contributed by atoms with van der Waals surface area (Å²) in [5, 5.41) is 13.2. The maximum absolute atomic E-state index is 11.8. The third-order valence-corrected chi connectivity index (χ3v) is 5.45. The van der Waals surface area contributed by atoms with Gasteiger partial charge in [0.15, 0.2) is 0 Å². The second-order valence-electron chi connectivity index (χ2n) is 7.14. The predicted octanol–water partition coefficient (Wildman–Crippen LogP) is 2.54. The van der Waals surface area contributed by atoms with E-state index in [-0.39, 0.29) is 17.2 Å². The zero-order chi connectivity index (χ0) is 20.6. The normalized spacial score (nSPS) is 11.6. The van der Waals surface area contributed by atoms with Crippen LogP contribution in [0.25, 0.3) is 21.5 Å². The number of carbonyl (C=O) groups is 1. The van der Waals surface area contributed by atoms with Gasteiger partial charge in [-0.2, -0.15) is 0 Å². The van der Waals surface area contributed by atoms with Gasteiger partial charge in [-0.15, -0.1) is 11.3 Å². The Morgan fingerprint density at radius 2 is 2.07 bits per heavy atom. The number of carbonyl (C=O) groups excluding carboxylic acids is 1. The molecule has 0 aliphatic rings. The molecule has 3 rings (SSSR count). The topological polar surface area (TPSA) is 136 Å². The molecule has 8 nitrogen and oxygen atoms in total. The van der Waals surface area contributed by atoms with Gasteiger partial charge in [-0.05, 0) is 32.4 Å². The van der Waals surface area contributed by atoms with Gasteiger partial charge in [0.05, 0.1) is 36.0 Å². The number of nitrogens with two attached hydrogens (primary N) is 2. The van der Waals surface area contributed by atoms with E-state index in [9.17, 15) is 9.90 Å². The molecule has 1 aromatic carbocycles. The first kappa shape index (κ1) is 19.8. The van der Waals surface area contributed by atoms with Gasteiger partial charge in [0.25, 0.3) is 5.91 Å². The monoisotopic (exact) mass is 401 g/mol. The number of hydrogen-bond acceptors (Lipinski definition) is 8. The smallest absolute Gasteiger partial charge is 0.260 e. The van der Waals surface area contributed by atoms with E-state index in [1.807, 2.05) is 39.0 Å². The van der Waals surface area contributed by atoms with Crippen molar-refractivity contribution in [2.45, 2.75) is 26.3 Å². The summed E-state index contributed by atoms with van der Waals surface area (Å²) in [5.74, 6) is 0.412. The molecule has 9 heteroatoms. The van der Waals surface area contributed by atoms with Gasteiger partial charge in [0.1, 0.15) is 15.5 Å². The molecule has 0 aliphatic carbocycles. The molecule has 2 aromatic heterocycles. The zero-order valence-corrected chi connectivity index (χ0v) is 17.0. The van der Waals surface area contributed by atoms with E-state index in [0.29, 0.717) is 27.6 Å². The van der Waals surface area contributed by atoms with E-state index in [1.54, 1.807) is 7.11 Å². The van der Waals surface area contributed by atoms with Crippen LogP contribution in [0.2, 0.25) is 0 Å². The lowest BCUT2D eigenvalue weighted by atomic mass is 10.0. The summed E-state index contributed by atoms with van der Waals surface area (Å²) >= 11 is 1.12. The highest BCUT2D eigenvalue weighted by Gasteiger charge is 2.23. The Kier molecular flexibility index (Phi) is 5.14. The fraction of sp³-hybridized carbons (Fsp3) is 0.316. The molecule has 28 heavy (non-hydrogen) atoms. The molecule has 2 heterocycles. The average molecular weight is 401 g/mol. The molecule has 0 atom stereocenters. The summed E-state index contributed by atoms with van der Waals surface area (Å²) in [7, 11) is 1.60. The highest BCUT2D eigenvalue weighted by molar-refractivity contribution is 7.21. The summed E-state index contributed by atoms with van der Waals surface area (Å²) in [6.45, 7) is 5.49. The molecular formula is C19H23N5O3S. The Morgan fingerprint density at radius 1 is 1.36 bits per heavy atom. The van der Waals surface area contributed by atoms with Crippen LogP contribution < -0.4 is 21.5 Å². The van der Waals surface area contributed by atoms with E-state index < -0.39 is 11.4 Å². The number of nitrogens with zero attached hydrogens (tertiary/aromatic N) is 2. The Bertz CT molecular complexity index is 1060. The highest BCUT2D eigenvalue weighted by atomic mass is 32.1. The molecule has 148 valence electrons. The number of methoxy groups -OCH3 is 1. The molecule has 0 saturated heterocycles. The number of ether oxygens (including phenoxy) is 1. The van der Waals surface area contributed by atoms with Crippen molar-refractivity contribution in [2.75, 3.05) is 24.8 Å². The summed E-state index contributed by atoms with van der Waals surface area (Å²) < 4.78 is 5.43. The second-order valence-corrected chi connectivity index (χ2v) is 8.14. The van der Waals surface area contributed by atoms with Gasteiger partial charge in [-0.1, -0.05) is 12.1 Å². The third-order valence-electron chi connectivity index (χ3n) is 4.34. The molecule has 6 N–H and O–H groups in total. The summed E-state index contributed by atoms with van der Waals surface area (Å²) in [6.07, 6.45) is 0. The average Bonchev–Trinajstić information content (AvgIpc) is 2.98. The maximum Gasteiger partial charge on any atom is 0.260 e. The molecule has 1 amide bonds. The van der Waals surface area contributed by atoms with Crippen LogP contribution in [0.15, 0.2) is 18.2 Å². The molecule has 0 spiro atoms. The zero-order valence-electron chi connectivity index (χ0n) is 16.2. The number of thiophene rings is 1. The van der Waals surface area contributed by atoms with Crippen molar-refractivity contribution in [3.8, 4) is 17.0 Å². The van der Waals surface area contributed by atoms with E-state index in [0.717, 1.165) is 22.5 Å². The summed E-state index contributed by atoms with van der Waals surface area (Å²) in [5.41, 5.74) is 13.6. The van der Waals surface area contributed by atoms with Crippen molar-refractivity contribution >= 4 is 39.1 Å². The van der Waals surface area contributed by atoms with Crippen molar-refractivity contribution in [1.29, 1.82) is 0 Å². The molecule has 0 radical (unpaired) electrons. The van der Waals surface area contributed by atoms with Crippen molar-refractivity contribution in [3.05, 3.63) is 28.6 Å². The van der Waals surface area contributed by atoms with Gasteiger partial charge in [-0.25, -0.2) is 9.97 Å². The molecular weight excluding hydrogens is 378 g/mol. The Labute approximate surface area is 166 Å². The minimum absolute atomic E-state index is 0.110. The standard InChI is InChI=1S/C19H23N5O3S/c1-9-5-6-10(7-11(9)27-4)14-12-13(20)15(16(21)26)28-17(12)23-18(22-14)24-19(2,3)8-25/h5-7,25H,8,20H2,1-4H3,(H2,21,26)(H,22,23,24). The number of nitrogens with one attached hydrogen (secondary N) is 1. The summed E-state index contributed by atoms with van der Waals surface area (Å²) in [4.78, 5) is 21.7. The van der Waals surface area contributed by atoms with Crippen molar-refractivity contribution in [2.24, 2.45) is 5.73 Å². The number of rotatable bonds is 6. The molecule has 0 bridgehead atoms. The predicted molar refractivity (Wildman–Crippen MR) is 112 cm³/mol. The van der Waals surface area contributed by atoms with Crippen LogP contribution >= 0.6 is 11.3 Å². The number of hydrogen-bond donors (Lipinski definition) is 4. The van der Waals surface area contributed by atoms with Crippen molar-refractivity contribution in [1.82, 2.24) is 9.97 Å². The Hall–Kier alpha value is -2.91. The van der Waals surface area contributed by atoms with Crippen LogP contribution in [0.4, 0.5) is 11.6 Å². The van der Waals surface area contributed by atoms with E-state index >= 15 is 0 Å². The van der Waals surface area contributed by atoms with Crippen LogP contribution in [-0.2, 0) is 0 Å². The summed E-state index contributed by atoms with van der Waals surface area (Å²) in [6, 6.07) is 5.69. The number of aromatic nitrogens is 2. The van der Waals surface area contributed by atoms with Crippen LogP contribution in [0, 0.1) is 6.92 Å². The number of nitrogen functional groups attached to an aromatic ring is 1. The van der Waals surface area contributed by atoms with Gasteiger partial charge in [0, 0.05) is 5.56 Å². The molecule has 0 unspecified atom stereocenters. The maximum atomic E-state index is 11.8. The second kappa shape index (κ2) is 7.25. The van der Waals surface area contributed by atoms with Crippen molar-refractivity contribution < 1.29 is 14.6 Å². The Morgan fingerprint density at radius 3 is 2.68 bits per heavy atom. The van der Waals surface area contributed by atoms with Gasteiger partial charge < -0.3 is 26.6 Å². The highest BCUT2D eigenvalue weighted by Crippen LogP contribution is 2.40. The van der Waals surface area contributed by atoms with Crippen LogP contribution in [0.5, 0.6) is 5.75 Å². The molecule has 3 aromatic rings.